The standard InChI is InChI=1S/C20H23ClN2O5/c1-12(24)22-16(13-5-7-14(21)8-6-13)11-19(25)23-15-9-17(26-2)20(28-4)18(10-15)27-3/h5-10,16H,11H2,1-4H3,(H,22,24)(H,23,25). The van der Waals surface area contributed by atoms with E-state index in [1.54, 1.807) is 36.4 Å². The zero-order chi connectivity index (χ0) is 20.7. The number of hydrogen-bond acceptors (Lipinski definition) is 5. The molecule has 2 aromatic carbocycles. The Balaban J connectivity index is 2.20. The molecule has 0 aliphatic heterocycles. The van der Waals surface area contributed by atoms with Crippen LogP contribution in [0.3, 0.4) is 0 Å². The quantitative estimate of drug-likeness (QED) is 0.699. The van der Waals surface area contributed by atoms with E-state index in [1.165, 1.54) is 28.3 Å². The number of hydrogen-bond donors (Lipinski definition) is 2. The molecular weight excluding hydrogens is 384 g/mol. The van der Waals surface area contributed by atoms with Crippen molar-refractivity contribution in [3.8, 4) is 17.2 Å². The van der Waals surface area contributed by atoms with Crippen LogP contribution in [0.2, 0.25) is 5.02 Å². The number of halogens is 1. The van der Waals surface area contributed by atoms with Gasteiger partial charge in [0.05, 0.1) is 33.8 Å². The van der Waals surface area contributed by atoms with Crippen LogP contribution in [-0.4, -0.2) is 33.1 Å². The van der Waals surface area contributed by atoms with Crippen LogP contribution in [0.4, 0.5) is 5.69 Å². The third-order valence-corrected chi connectivity index (χ3v) is 4.24. The first-order valence-electron chi connectivity index (χ1n) is 8.50. The van der Waals surface area contributed by atoms with Crippen LogP contribution in [0.5, 0.6) is 17.2 Å². The van der Waals surface area contributed by atoms with Gasteiger partial charge in [0.25, 0.3) is 0 Å². The number of nitrogens with one attached hydrogen (secondary N) is 2. The first-order valence-corrected chi connectivity index (χ1v) is 8.88. The zero-order valence-corrected chi connectivity index (χ0v) is 16.9. The number of rotatable bonds is 8. The summed E-state index contributed by atoms with van der Waals surface area (Å²) in [5, 5.41) is 6.16. The smallest absolute Gasteiger partial charge is 0.226 e. The lowest BCUT2D eigenvalue weighted by Gasteiger charge is -2.19. The van der Waals surface area contributed by atoms with E-state index in [9.17, 15) is 9.59 Å². The maximum absolute atomic E-state index is 12.6. The molecule has 2 N–H and O–H groups in total. The molecule has 1 unspecified atom stereocenters. The van der Waals surface area contributed by atoms with E-state index in [1.807, 2.05) is 0 Å². The van der Waals surface area contributed by atoms with Gasteiger partial charge in [-0.1, -0.05) is 23.7 Å². The minimum Gasteiger partial charge on any atom is -0.493 e. The van der Waals surface area contributed by atoms with Gasteiger partial charge in [0.2, 0.25) is 17.6 Å². The second-order valence-electron chi connectivity index (χ2n) is 5.97. The summed E-state index contributed by atoms with van der Waals surface area (Å²) in [5.74, 6) is 0.755. The summed E-state index contributed by atoms with van der Waals surface area (Å²) in [4.78, 5) is 24.2. The van der Waals surface area contributed by atoms with E-state index in [2.05, 4.69) is 10.6 Å². The van der Waals surface area contributed by atoms with Crippen molar-refractivity contribution in [1.82, 2.24) is 5.32 Å². The molecule has 1 atom stereocenters. The highest BCUT2D eigenvalue weighted by Gasteiger charge is 2.19. The first-order chi connectivity index (χ1) is 13.4. The van der Waals surface area contributed by atoms with Crippen LogP contribution in [0.25, 0.3) is 0 Å². The third-order valence-electron chi connectivity index (χ3n) is 3.99. The van der Waals surface area contributed by atoms with Crippen molar-refractivity contribution in [2.75, 3.05) is 26.6 Å². The van der Waals surface area contributed by atoms with Crippen LogP contribution >= 0.6 is 11.6 Å². The molecule has 0 aromatic heterocycles. The topological polar surface area (TPSA) is 85.9 Å². The van der Waals surface area contributed by atoms with Gasteiger partial charge in [-0.15, -0.1) is 0 Å². The molecular formula is C20H23ClN2O5. The number of carbonyl (C=O) groups excluding carboxylic acids is 2. The van der Waals surface area contributed by atoms with Gasteiger partial charge < -0.3 is 24.8 Å². The molecule has 0 aliphatic rings. The molecule has 0 saturated heterocycles. The molecule has 0 saturated carbocycles. The van der Waals surface area contributed by atoms with E-state index in [0.29, 0.717) is 28.0 Å². The molecule has 0 radical (unpaired) electrons. The Bertz CT molecular complexity index is 814. The summed E-state index contributed by atoms with van der Waals surface area (Å²) < 4.78 is 15.9. The van der Waals surface area contributed by atoms with E-state index in [4.69, 9.17) is 25.8 Å². The zero-order valence-electron chi connectivity index (χ0n) is 16.2. The summed E-state index contributed by atoms with van der Waals surface area (Å²) in [7, 11) is 4.50. The largest absolute Gasteiger partial charge is 0.493 e. The van der Waals surface area contributed by atoms with E-state index in [-0.39, 0.29) is 18.2 Å². The fraction of sp³-hybridized carbons (Fsp3) is 0.300. The van der Waals surface area contributed by atoms with Gasteiger partial charge in [-0.3, -0.25) is 9.59 Å². The molecule has 0 fully saturated rings. The number of ether oxygens (including phenoxy) is 3. The Morgan fingerprint density at radius 1 is 1.00 bits per heavy atom. The van der Waals surface area contributed by atoms with Gasteiger partial charge in [-0.05, 0) is 17.7 Å². The molecule has 7 nitrogen and oxygen atoms in total. The normalized spacial score (nSPS) is 11.3. The molecule has 2 aromatic rings. The number of benzene rings is 2. The van der Waals surface area contributed by atoms with Crippen molar-refractivity contribution < 1.29 is 23.8 Å². The lowest BCUT2D eigenvalue weighted by Crippen LogP contribution is -2.29. The number of carbonyl (C=O) groups is 2. The molecule has 0 aliphatic carbocycles. The minimum absolute atomic E-state index is 0.0396. The van der Waals surface area contributed by atoms with Crippen molar-refractivity contribution in [2.45, 2.75) is 19.4 Å². The van der Waals surface area contributed by atoms with Gasteiger partial charge in [0.1, 0.15) is 0 Å². The van der Waals surface area contributed by atoms with Gasteiger partial charge in [0.15, 0.2) is 11.5 Å². The Morgan fingerprint density at radius 2 is 1.57 bits per heavy atom. The minimum atomic E-state index is -0.489. The molecule has 0 bridgehead atoms. The van der Waals surface area contributed by atoms with Gasteiger partial charge in [-0.25, -0.2) is 0 Å². The second-order valence-corrected chi connectivity index (χ2v) is 6.41. The van der Waals surface area contributed by atoms with Crippen LogP contribution in [0.15, 0.2) is 36.4 Å². The molecule has 28 heavy (non-hydrogen) atoms. The Kier molecular flexibility index (Phi) is 7.52. The number of anilines is 1. The van der Waals surface area contributed by atoms with Gasteiger partial charge in [-0.2, -0.15) is 0 Å². The van der Waals surface area contributed by atoms with Crippen LogP contribution in [0.1, 0.15) is 24.9 Å². The predicted molar refractivity (Wildman–Crippen MR) is 107 cm³/mol. The second kappa shape index (κ2) is 9.85. The lowest BCUT2D eigenvalue weighted by molar-refractivity contribution is -0.120. The van der Waals surface area contributed by atoms with E-state index >= 15 is 0 Å². The van der Waals surface area contributed by atoms with Crippen molar-refractivity contribution in [3.63, 3.8) is 0 Å². The lowest BCUT2D eigenvalue weighted by atomic mass is 10.0. The third kappa shape index (κ3) is 5.53. The van der Waals surface area contributed by atoms with Crippen molar-refractivity contribution in [1.29, 1.82) is 0 Å². The molecule has 150 valence electrons. The molecule has 2 amide bonds. The molecule has 2 rings (SSSR count). The highest BCUT2D eigenvalue weighted by Crippen LogP contribution is 2.40. The summed E-state index contributed by atoms with van der Waals surface area (Å²) >= 11 is 5.92. The fourth-order valence-electron chi connectivity index (χ4n) is 2.74. The van der Waals surface area contributed by atoms with Crippen LogP contribution in [-0.2, 0) is 9.59 Å². The van der Waals surface area contributed by atoms with Gasteiger partial charge in [0, 0.05) is 29.8 Å². The van der Waals surface area contributed by atoms with Crippen LogP contribution < -0.4 is 24.8 Å². The number of methoxy groups -OCH3 is 3. The SMILES string of the molecule is COc1cc(NC(=O)CC(NC(C)=O)c2ccc(Cl)cc2)cc(OC)c1OC. The Labute approximate surface area is 168 Å². The summed E-state index contributed by atoms with van der Waals surface area (Å²) in [5.41, 5.74) is 1.26. The van der Waals surface area contributed by atoms with Gasteiger partial charge >= 0.3 is 0 Å². The highest BCUT2D eigenvalue weighted by atomic mass is 35.5. The average molecular weight is 407 g/mol. The van der Waals surface area contributed by atoms with E-state index in [0.717, 1.165) is 5.56 Å². The predicted octanol–water partition coefficient (Wildman–Crippen LogP) is 3.57. The Hall–Kier alpha value is -2.93. The molecule has 0 heterocycles. The fourth-order valence-corrected chi connectivity index (χ4v) is 2.87. The molecule has 0 spiro atoms. The maximum atomic E-state index is 12.6. The Morgan fingerprint density at radius 3 is 2.04 bits per heavy atom. The summed E-state index contributed by atoms with van der Waals surface area (Å²) in [6, 6.07) is 9.75. The molecule has 8 heteroatoms. The number of amides is 2. The average Bonchev–Trinajstić information content (AvgIpc) is 2.66. The van der Waals surface area contributed by atoms with E-state index < -0.39 is 6.04 Å². The van der Waals surface area contributed by atoms with Crippen molar-refractivity contribution >= 4 is 29.1 Å². The summed E-state index contributed by atoms with van der Waals surface area (Å²) in [6.45, 7) is 1.40. The first kappa shape index (κ1) is 21.4. The van der Waals surface area contributed by atoms with Crippen LogP contribution in [0, 0.1) is 0 Å². The summed E-state index contributed by atoms with van der Waals surface area (Å²) in [6.07, 6.45) is 0.0396. The highest BCUT2D eigenvalue weighted by molar-refractivity contribution is 6.30. The maximum Gasteiger partial charge on any atom is 0.226 e. The monoisotopic (exact) mass is 406 g/mol. The van der Waals surface area contributed by atoms with Crippen molar-refractivity contribution in [3.05, 3.63) is 47.0 Å². The van der Waals surface area contributed by atoms with Crippen molar-refractivity contribution in [2.24, 2.45) is 0 Å².